The summed E-state index contributed by atoms with van der Waals surface area (Å²) in [7, 11) is 0. The van der Waals surface area contributed by atoms with Crippen LogP contribution in [0.15, 0.2) is 23.4 Å². The van der Waals surface area contributed by atoms with Gasteiger partial charge in [-0.25, -0.2) is 0 Å². The molecule has 136 valence electrons. The predicted molar refractivity (Wildman–Crippen MR) is 107 cm³/mol. The summed E-state index contributed by atoms with van der Waals surface area (Å²) >= 11 is 0. The van der Waals surface area contributed by atoms with Crippen LogP contribution in [0.1, 0.15) is 99.3 Å². The molecule has 0 aromatic carbocycles. The maximum atomic E-state index is 3.98. The monoisotopic (exact) mass is 321 g/mol. The van der Waals surface area contributed by atoms with Crippen molar-refractivity contribution < 1.29 is 0 Å². The molecule has 0 saturated carbocycles. The van der Waals surface area contributed by atoms with E-state index in [0.29, 0.717) is 0 Å². The molecule has 0 bridgehead atoms. The average Bonchev–Trinajstić information content (AvgIpc) is 2.47. The summed E-state index contributed by atoms with van der Waals surface area (Å²) in [5.74, 6) is 1.68. The van der Waals surface area contributed by atoms with Gasteiger partial charge in [-0.15, -0.1) is 6.58 Å². The Balaban J connectivity index is 3.76. The second kappa shape index (κ2) is 13.7. The van der Waals surface area contributed by atoms with Gasteiger partial charge in [-0.2, -0.15) is 0 Å². The number of hydrogen-bond acceptors (Lipinski definition) is 1. The second-order valence-corrected chi connectivity index (χ2v) is 7.99. The van der Waals surface area contributed by atoms with E-state index in [1.54, 1.807) is 0 Å². The molecule has 0 spiro atoms. The van der Waals surface area contributed by atoms with Crippen LogP contribution in [0.3, 0.4) is 0 Å². The molecule has 0 fully saturated rings. The van der Waals surface area contributed by atoms with E-state index in [4.69, 9.17) is 0 Å². The molecule has 1 atom stereocenters. The highest BCUT2D eigenvalue weighted by Gasteiger charge is 2.06. The Hall–Kier alpha value is -0.720. The molecule has 1 nitrogen and oxygen atoms in total. The van der Waals surface area contributed by atoms with Crippen molar-refractivity contribution in [1.82, 2.24) is 5.32 Å². The summed E-state index contributed by atoms with van der Waals surface area (Å²) in [4.78, 5) is 0. The van der Waals surface area contributed by atoms with Crippen LogP contribution in [0.5, 0.6) is 0 Å². The third-order valence-electron chi connectivity index (χ3n) is 4.95. The molecule has 0 saturated heterocycles. The number of rotatable bonds is 14. The van der Waals surface area contributed by atoms with E-state index in [0.717, 1.165) is 18.4 Å². The van der Waals surface area contributed by atoms with Crippen molar-refractivity contribution in [2.24, 2.45) is 11.8 Å². The average molecular weight is 322 g/mol. The van der Waals surface area contributed by atoms with E-state index < -0.39 is 0 Å². The highest BCUT2D eigenvalue weighted by Crippen LogP contribution is 2.17. The molecule has 1 N–H and O–H groups in total. The fraction of sp³-hybridized carbons (Fsp3) is 0.818. The van der Waals surface area contributed by atoms with Gasteiger partial charge < -0.3 is 5.32 Å². The maximum absolute atomic E-state index is 3.98. The van der Waals surface area contributed by atoms with Gasteiger partial charge in [0.2, 0.25) is 0 Å². The zero-order valence-electron chi connectivity index (χ0n) is 16.9. The minimum atomic E-state index is 0.821. The van der Waals surface area contributed by atoms with Crippen LogP contribution in [0, 0.1) is 11.8 Å². The van der Waals surface area contributed by atoms with Gasteiger partial charge in [0, 0.05) is 12.2 Å². The Bertz CT molecular complexity index is 334. The van der Waals surface area contributed by atoms with E-state index in [-0.39, 0.29) is 0 Å². The van der Waals surface area contributed by atoms with Gasteiger partial charge in [-0.3, -0.25) is 0 Å². The van der Waals surface area contributed by atoms with Crippen LogP contribution >= 0.6 is 0 Å². The van der Waals surface area contributed by atoms with Crippen molar-refractivity contribution in [3.63, 3.8) is 0 Å². The SMILES string of the molecule is C=C(C)CCCCCCC(NCCCCC(C)C(C)C)=C(C)C. The van der Waals surface area contributed by atoms with Crippen molar-refractivity contribution in [1.29, 1.82) is 0 Å². The molecule has 23 heavy (non-hydrogen) atoms. The van der Waals surface area contributed by atoms with Gasteiger partial charge in [0.1, 0.15) is 0 Å². The van der Waals surface area contributed by atoms with Crippen molar-refractivity contribution in [3.05, 3.63) is 23.4 Å². The van der Waals surface area contributed by atoms with Crippen LogP contribution in [-0.2, 0) is 0 Å². The molecule has 1 unspecified atom stereocenters. The fourth-order valence-corrected chi connectivity index (χ4v) is 2.76. The van der Waals surface area contributed by atoms with Crippen molar-refractivity contribution in [3.8, 4) is 0 Å². The van der Waals surface area contributed by atoms with Crippen LogP contribution < -0.4 is 5.32 Å². The Labute approximate surface area is 147 Å². The van der Waals surface area contributed by atoms with Gasteiger partial charge in [-0.05, 0) is 64.7 Å². The lowest BCUT2D eigenvalue weighted by molar-refractivity contribution is 0.377. The molecule has 0 rings (SSSR count). The summed E-state index contributed by atoms with van der Waals surface area (Å²) in [6.07, 6.45) is 11.7. The molecular weight excluding hydrogens is 278 g/mol. The first-order valence-corrected chi connectivity index (χ1v) is 9.89. The summed E-state index contributed by atoms with van der Waals surface area (Å²) < 4.78 is 0. The quantitative estimate of drug-likeness (QED) is 0.262. The predicted octanol–water partition coefficient (Wildman–Crippen LogP) is 7.25. The maximum Gasteiger partial charge on any atom is 0.0143 e. The van der Waals surface area contributed by atoms with Gasteiger partial charge >= 0.3 is 0 Å². The molecular formula is C22H43N. The minimum absolute atomic E-state index is 0.821. The molecule has 1 heteroatoms. The number of allylic oxidation sites excluding steroid dienone is 3. The molecule has 0 amide bonds. The zero-order chi connectivity index (χ0) is 17.7. The first-order chi connectivity index (χ1) is 10.8. The number of unbranched alkanes of at least 4 members (excludes halogenated alkanes) is 4. The molecule has 0 aromatic rings. The van der Waals surface area contributed by atoms with Crippen LogP contribution in [-0.4, -0.2) is 6.54 Å². The summed E-state index contributed by atoms with van der Waals surface area (Å²) in [5.41, 5.74) is 4.27. The van der Waals surface area contributed by atoms with E-state index in [1.165, 1.54) is 74.6 Å². The van der Waals surface area contributed by atoms with Gasteiger partial charge in [0.25, 0.3) is 0 Å². The van der Waals surface area contributed by atoms with Crippen molar-refractivity contribution >= 4 is 0 Å². The minimum Gasteiger partial charge on any atom is -0.388 e. The van der Waals surface area contributed by atoms with Gasteiger partial charge in [0.15, 0.2) is 0 Å². The molecule has 0 aliphatic carbocycles. The zero-order valence-corrected chi connectivity index (χ0v) is 16.9. The summed E-state index contributed by atoms with van der Waals surface area (Å²) in [6.45, 7) is 18.8. The lowest BCUT2D eigenvalue weighted by atomic mass is 9.93. The van der Waals surface area contributed by atoms with Crippen molar-refractivity contribution in [2.75, 3.05) is 6.54 Å². The first kappa shape index (κ1) is 22.3. The standard InChI is InChI=1S/C22H43N/c1-18(2)14-10-8-9-11-16-22(20(5)6)23-17-13-12-15-21(7)19(3)4/h19,21,23H,1,8-17H2,2-7H3. The molecule has 0 aliphatic rings. The molecule has 0 radical (unpaired) electrons. The van der Waals surface area contributed by atoms with Gasteiger partial charge in [0.05, 0.1) is 0 Å². The third kappa shape index (κ3) is 13.4. The van der Waals surface area contributed by atoms with Crippen LogP contribution in [0.25, 0.3) is 0 Å². The lowest BCUT2D eigenvalue weighted by Crippen LogP contribution is -2.16. The van der Waals surface area contributed by atoms with E-state index in [1.807, 2.05) is 0 Å². The number of hydrogen-bond donors (Lipinski definition) is 1. The van der Waals surface area contributed by atoms with Crippen LogP contribution in [0.4, 0.5) is 0 Å². The van der Waals surface area contributed by atoms with Gasteiger partial charge in [-0.1, -0.05) is 57.6 Å². The van der Waals surface area contributed by atoms with E-state index >= 15 is 0 Å². The Kier molecular flexibility index (Phi) is 13.3. The Morgan fingerprint density at radius 2 is 1.43 bits per heavy atom. The smallest absolute Gasteiger partial charge is 0.0143 e. The largest absolute Gasteiger partial charge is 0.388 e. The number of nitrogens with one attached hydrogen (secondary N) is 1. The highest BCUT2D eigenvalue weighted by molar-refractivity contribution is 5.07. The molecule has 0 heterocycles. The third-order valence-corrected chi connectivity index (χ3v) is 4.95. The second-order valence-electron chi connectivity index (χ2n) is 7.99. The highest BCUT2D eigenvalue weighted by atomic mass is 14.9. The Morgan fingerprint density at radius 3 is 1.96 bits per heavy atom. The van der Waals surface area contributed by atoms with Crippen LogP contribution in [0.2, 0.25) is 0 Å². The first-order valence-electron chi connectivity index (χ1n) is 9.89. The Morgan fingerprint density at radius 1 is 0.826 bits per heavy atom. The van der Waals surface area contributed by atoms with Crippen molar-refractivity contribution in [2.45, 2.75) is 99.3 Å². The normalized spacial score (nSPS) is 12.3. The van der Waals surface area contributed by atoms with E-state index in [2.05, 4.69) is 53.4 Å². The topological polar surface area (TPSA) is 12.0 Å². The summed E-state index contributed by atoms with van der Waals surface area (Å²) in [5, 5.41) is 3.70. The molecule has 0 aromatic heterocycles. The summed E-state index contributed by atoms with van der Waals surface area (Å²) in [6, 6.07) is 0. The van der Waals surface area contributed by atoms with E-state index in [9.17, 15) is 0 Å². The molecule has 0 aliphatic heterocycles. The lowest BCUT2D eigenvalue weighted by Gasteiger charge is -2.16. The fourth-order valence-electron chi connectivity index (χ4n) is 2.76.